The number of para-hydroxylation sites is 1. The van der Waals surface area contributed by atoms with Crippen LogP contribution < -0.4 is 5.32 Å². The number of esters is 1. The van der Waals surface area contributed by atoms with E-state index in [1.54, 1.807) is 0 Å². The Balaban J connectivity index is 1.73. The van der Waals surface area contributed by atoms with Gasteiger partial charge in [0.1, 0.15) is 5.92 Å². The maximum atomic E-state index is 12.4. The maximum absolute atomic E-state index is 12.4. The van der Waals surface area contributed by atoms with Crippen LogP contribution in [0.1, 0.15) is 29.9 Å². The van der Waals surface area contributed by atoms with E-state index < -0.39 is 16.8 Å². The van der Waals surface area contributed by atoms with Crippen molar-refractivity contribution in [1.29, 1.82) is 0 Å². The fourth-order valence-electron chi connectivity index (χ4n) is 5.19. The predicted octanol–water partition coefficient (Wildman–Crippen LogP) is 3.70. The zero-order valence-corrected chi connectivity index (χ0v) is 15.8. The first kappa shape index (κ1) is 18.5. The minimum atomic E-state index is -0.732. The number of carbonyl (C=O) groups is 1. The van der Waals surface area contributed by atoms with Crippen LogP contribution in [-0.4, -0.2) is 30.6 Å². The first-order valence-corrected chi connectivity index (χ1v) is 9.70. The molecule has 0 aromatic heterocycles. The Bertz CT molecular complexity index is 870. The lowest BCUT2D eigenvalue weighted by atomic mass is 9.72. The van der Waals surface area contributed by atoms with Gasteiger partial charge in [-0.05, 0) is 41.9 Å². The Kier molecular flexibility index (Phi) is 5.03. The van der Waals surface area contributed by atoms with Gasteiger partial charge in [-0.3, -0.25) is 14.9 Å². The molecule has 4 rings (SSSR count). The molecule has 1 aliphatic carbocycles. The summed E-state index contributed by atoms with van der Waals surface area (Å²) in [6, 6.07) is 18.6. The molecule has 2 aromatic rings. The van der Waals surface area contributed by atoms with Gasteiger partial charge in [0.25, 0.3) is 0 Å². The standard InChI is InChI=1S/C22H24N2O4/c1-28-22(25)18(13-24(26)27)15-11-12-17-20(14-7-3-2-4-8-14)16-9-5-6-10-19(16)23-21(15)17/h2-10,15,17-18,20-21,23H,11-13H2,1H3/t15-,17+,18+,20-,21-/m1/s1. The molecular weight excluding hydrogens is 356 g/mol. The van der Waals surface area contributed by atoms with Crippen molar-refractivity contribution in [1.82, 2.24) is 0 Å². The minimum absolute atomic E-state index is 0.00385. The highest BCUT2D eigenvalue weighted by atomic mass is 16.6. The molecule has 0 spiro atoms. The second kappa shape index (κ2) is 7.62. The number of methoxy groups -OCH3 is 1. The van der Waals surface area contributed by atoms with Gasteiger partial charge in [0, 0.05) is 22.6 Å². The lowest BCUT2D eigenvalue weighted by molar-refractivity contribution is -0.487. The number of rotatable bonds is 5. The van der Waals surface area contributed by atoms with E-state index in [-0.39, 0.29) is 30.3 Å². The van der Waals surface area contributed by atoms with E-state index in [0.29, 0.717) is 0 Å². The normalized spacial score (nSPS) is 26.5. The average molecular weight is 380 g/mol. The molecule has 0 bridgehead atoms. The summed E-state index contributed by atoms with van der Waals surface area (Å²) in [6.07, 6.45) is 1.69. The average Bonchev–Trinajstić information content (AvgIpc) is 3.13. The summed E-state index contributed by atoms with van der Waals surface area (Å²) in [6.45, 7) is -0.389. The summed E-state index contributed by atoms with van der Waals surface area (Å²) in [5, 5.41) is 14.8. The third-order valence-corrected chi connectivity index (χ3v) is 6.33. The van der Waals surface area contributed by atoms with E-state index in [1.165, 1.54) is 18.2 Å². The Morgan fingerprint density at radius 2 is 1.89 bits per heavy atom. The van der Waals surface area contributed by atoms with Gasteiger partial charge in [0.05, 0.1) is 7.11 Å². The number of benzene rings is 2. The van der Waals surface area contributed by atoms with Crippen molar-refractivity contribution in [2.45, 2.75) is 24.8 Å². The van der Waals surface area contributed by atoms with Crippen LogP contribution in [0.3, 0.4) is 0 Å². The molecule has 2 aromatic carbocycles. The number of hydrogen-bond acceptors (Lipinski definition) is 5. The van der Waals surface area contributed by atoms with Crippen LogP contribution in [0.15, 0.2) is 54.6 Å². The Hall–Kier alpha value is -2.89. The Labute approximate surface area is 164 Å². The zero-order valence-electron chi connectivity index (χ0n) is 15.8. The SMILES string of the molecule is COC(=O)[C@@H](C[N+](=O)[O-])[C@H]1CC[C@H]2[C@H](c3ccccc3)c3ccccc3N[C@@H]21. The monoisotopic (exact) mass is 380 g/mol. The van der Waals surface area contributed by atoms with Gasteiger partial charge in [-0.1, -0.05) is 48.5 Å². The van der Waals surface area contributed by atoms with Crippen LogP contribution in [0.5, 0.6) is 0 Å². The lowest BCUT2D eigenvalue weighted by Crippen LogP contribution is -2.44. The fourth-order valence-corrected chi connectivity index (χ4v) is 5.19. The number of ether oxygens (including phenoxy) is 1. The molecule has 6 nitrogen and oxygen atoms in total. The molecule has 0 radical (unpaired) electrons. The van der Waals surface area contributed by atoms with Gasteiger partial charge in [-0.25, -0.2) is 0 Å². The van der Waals surface area contributed by atoms with Gasteiger partial charge >= 0.3 is 5.97 Å². The number of nitro groups is 1. The van der Waals surface area contributed by atoms with Crippen molar-refractivity contribution in [3.05, 3.63) is 75.8 Å². The fraction of sp³-hybridized carbons (Fsp3) is 0.409. The predicted molar refractivity (Wildman–Crippen MR) is 106 cm³/mol. The number of nitrogens with one attached hydrogen (secondary N) is 1. The second-order valence-corrected chi connectivity index (χ2v) is 7.70. The topological polar surface area (TPSA) is 81.5 Å². The van der Waals surface area contributed by atoms with Crippen molar-refractivity contribution >= 4 is 11.7 Å². The molecule has 28 heavy (non-hydrogen) atoms. The third kappa shape index (κ3) is 3.23. The summed E-state index contributed by atoms with van der Waals surface area (Å²) in [5.74, 6) is -0.852. The molecule has 1 N–H and O–H groups in total. The molecule has 5 atom stereocenters. The van der Waals surface area contributed by atoms with Crippen molar-refractivity contribution in [2.24, 2.45) is 17.8 Å². The highest BCUT2D eigenvalue weighted by Gasteiger charge is 2.50. The van der Waals surface area contributed by atoms with Crippen LogP contribution in [0.25, 0.3) is 0 Å². The summed E-state index contributed by atoms with van der Waals surface area (Å²) < 4.78 is 4.92. The molecule has 1 saturated carbocycles. The number of anilines is 1. The van der Waals surface area contributed by atoms with E-state index in [9.17, 15) is 14.9 Å². The summed E-state index contributed by atoms with van der Waals surface area (Å²) in [5.41, 5.74) is 3.55. The Morgan fingerprint density at radius 1 is 1.18 bits per heavy atom. The summed E-state index contributed by atoms with van der Waals surface area (Å²) in [4.78, 5) is 23.2. The van der Waals surface area contributed by atoms with Crippen LogP contribution in [-0.2, 0) is 9.53 Å². The van der Waals surface area contributed by atoms with E-state index in [0.717, 1.165) is 18.5 Å². The van der Waals surface area contributed by atoms with Gasteiger partial charge in [-0.15, -0.1) is 0 Å². The number of fused-ring (bicyclic) bond motifs is 2. The van der Waals surface area contributed by atoms with Crippen molar-refractivity contribution < 1.29 is 14.5 Å². The van der Waals surface area contributed by atoms with E-state index >= 15 is 0 Å². The molecule has 146 valence electrons. The van der Waals surface area contributed by atoms with Crippen molar-refractivity contribution in [2.75, 3.05) is 19.0 Å². The third-order valence-electron chi connectivity index (χ3n) is 6.33. The number of nitrogens with zero attached hydrogens (tertiary/aromatic N) is 1. The smallest absolute Gasteiger partial charge is 0.315 e. The molecule has 1 fully saturated rings. The van der Waals surface area contributed by atoms with Crippen molar-refractivity contribution in [3.8, 4) is 0 Å². The minimum Gasteiger partial charge on any atom is -0.469 e. The van der Waals surface area contributed by atoms with Crippen LogP contribution in [0.2, 0.25) is 0 Å². The molecule has 0 saturated heterocycles. The van der Waals surface area contributed by atoms with E-state index in [4.69, 9.17) is 4.74 Å². The van der Waals surface area contributed by atoms with E-state index in [1.807, 2.05) is 30.3 Å². The van der Waals surface area contributed by atoms with Gasteiger partial charge in [-0.2, -0.15) is 0 Å². The Morgan fingerprint density at radius 3 is 2.61 bits per heavy atom. The largest absolute Gasteiger partial charge is 0.469 e. The summed E-state index contributed by atoms with van der Waals surface area (Å²) in [7, 11) is 1.30. The molecule has 1 heterocycles. The van der Waals surface area contributed by atoms with Gasteiger partial charge in [0.15, 0.2) is 0 Å². The van der Waals surface area contributed by atoms with Gasteiger partial charge in [0.2, 0.25) is 6.54 Å². The van der Waals surface area contributed by atoms with Gasteiger partial charge < -0.3 is 10.1 Å². The zero-order chi connectivity index (χ0) is 19.7. The van der Waals surface area contributed by atoms with Crippen LogP contribution >= 0.6 is 0 Å². The maximum Gasteiger partial charge on any atom is 0.315 e. The highest BCUT2D eigenvalue weighted by molar-refractivity contribution is 5.73. The highest BCUT2D eigenvalue weighted by Crippen LogP contribution is 2.52. The van der Waals surface area contributed by atoms with Crippen LogP contribution in [0.4, 0.5) is 5.69 Å². The lowest BCUT2D eigenvalue weighted by Gasteiger charge is -2.40. The molecule has 2 aliphatic rings. The van der Waals surface area contributed by atoms with Crippen molar-refractivity contribution in [3.63, 3.8) is 0 Å². The quantitative estimate of drug-likeness (QED) is 0.486. The van der Waals surface area contributed by atoms with Crippen LogP contribution in [0, 0.1) is 27.9 Å². The molecule has 0 amide bonds. The number of carbonyl (C=O) groups excluding carboxylic acids is 1. The molecule has 0 unspecified atom stereocenters. The first-order chi connectivity index (χ1) is 13.6. The molecular formula is C22H24N2O4. The molecule has 1 aliphatic heterocycles. The molecule has 6 heteroatoms. The van der Waals surface area contributed by atoms with E-state index in [2.05, 4.69) is 29.6 Å². The number of hydrogen-bond donors (Lipinski definition) is 1. The first-order valence-electron chi connectivity index (χ1n) is 9.70. The second-order valence-electron chi connectivity index (χ2n) is 7.70. The summed E-state index contributed by atoms with van der Waals surface area (Å²) >= 11 is 0.